The van der Waals surface area contributed by atoms with Crippen molar-refractivity contribution in [1.29, 1.82) is 0 Å². The van der Waals surface area contributed by atoms with Crippen LogP contribution in [0.15, 0.2) is 18.2 Å². The lowest BCUT2D eigenvalue weighted by Gasteiger charge is -2.23. The number of nitrogens with one attached hydrogen (secondary N) is 1. The highest BCUT2D eigenvalue weighted by molar-refractivity contribution is 6.35. The van der Waals surface area contributed by atoms with Crippen LogP contribution in [0, 0.1) is 0 Å². The van der Waals surface area contributed by atoms with Crippen LogP contribution < -0.4 is 11.1 Å². The maximum atomic E-state index is 11.6. The van der Waals surface area contributed by atoms with Crippen molar-refractivity contribution in [2.75, 3.05) is 7.05 Å². The Morgan fingerprint density at radius 3 is 2.58 bits per heavy atom. The van der Waals surface area contributed by atoms with Gasteiger partial charge >= 0.3 is 6.03 Å². The van der Waals surface area contributed by atoms with Crippen molar-refractivity contribution in [1.82, 2.24) is 10.2 Å². The molecule has 1 rings (SSSR count). The molecule has 1 aromatic carbocycles. The first-order chi connectivity index (χ1) is 8.81. The first-order valence-electron chi connectivity index (χ1n) is 5.55. The summed E-state index contributed by atoms with van der Waals surface area (Å²) in [6.45, 7) is 2.12. The van der Waals surface area contributed by atoms with Gasteiger partial charge in [-0.1, -0.05) is 29.3 Å². The van der Waals surface area contributed by atoms with Crippen LogP contribution in [0.25, 0.3) is 0 Å². The molecule has 1 aromatic rings. The molecule has 0 aliphatic heterocycles. The highest BCUT2D eigenvalue weighted by Gasteiger charge is 2.19. The van der Waals surface area contributed by atoms with Gasteiger partial charge in [-0.15, -0.1) is 0 Å². The largest absolute Gasteiger partial charge is 0.351 e. The van der Waals surface area contributed by atoms with E-state index < -0.39 is 18.0 Å². The van der Waals surface area contributed by atoms with Gasteiger partial charge in [-0.05, 0) is 31.7 Å². The molecule has 19 heavy (non-hydrogen) atoms. The summed E-state index contributed by atoms with van der Waals surface area (Å²) >= 11 is 11.9. The standard InChI is InChI=1S/C12H15Cl2N3O2/c1-7(11(18)16-12(15)19)17(2)6-8-3-4-9(13)5-10(8)14/h3-5,7H,6H2,1-2H3,(H3,15,16,18,19)/t7-/m0/s1. The molecule has 0 heterocycles. The smallest absolute Gasteiger partial charge is 0.318 e. The van der Waals surface area contributed by atoms with Gasteiger partial charge in [-0.3, -0.25) is 15.0 Å². The number of benzene rings is 1. The zero-order valence-electron chi connectivity index (χ0n) is 10.6. The Hall–Kier alpha value is -1.30. The van der Waals surface area contributed by atoms with Gasteiger partial charge in [0.1, 0.15) is 0 Å². The fraction of sp³-hybridized carbons (Fsp3) is 0.333. The lowest BCUT2D eigenvalue weighted by atomic mass is 10.2. The van der Waals surface area contributed by atoms with Gasteiger partial charge in [-0.2, -0.15) is 0 Å². The third-order valence-electron chi connectivity index (χ3n) is 2.72. The summed E-state index contributed by atoms with van der Waals surface area (Å²) < 4.78 is 0. The number of likely N-dealkylation sites (N-methyl/N-ethyl adjacent to an activating group) is 1. The molecule has 5 nitrogen and oxygen atoms in total. The Kier molecular flexibility index (Phi) is 5.60. The van der Waals surface area contributed by atoms with Crippen LogP contribution in [0.3, 0.4) is 0 Å². The number of carbonyl (C=O) groups is 2. The molecule has 3 N–H and O–H groups in total. The number of nitrogens with zero attached hydrogens (tertiary/aromatic N) is 1. The van der Waals surface area contributed by atoms with Crippen LogP contribution in [-0.2, 0) is 11.3 Å². The Labute approximate surface area is 121 Å². The second kappa shape index (κ2) is 6.75. The Bertz CT molecular complexity index is 494. The lowest BCUT2D eigenvalue weighted by Crippen LogP contribution is -2.46. The maximum absolute atomic E-state index is 11.6. The number of imide groups is 1. The van der Waals surface area contributed by atoms with Gasteiger partial charge in [0, 0.05) is 16.6 Å². The van der Waals surface area contributed by atoms with Crippen molar-refractivity contribution in [2.24, 2.45) is 5.73 Å². The van der Waals surface area contributed by atoms with Crippen LogP contribution in [-0.4, -0.2) is 29.9 Å². The average molecular weight is 304 g/mol. The fourth-order valence-corrected chi connectivity index (χ4v) is 1.95. The summed E-state index contributed by atoms with van der Waals surface area (Å²) in [5.74, 6) is -0.458. The summed E-state index contributed by atoms with van der Waals surface area (Å²) in [6.07, 6.45) is 0. The van der Waals surface area contributed by atoms with Crippen LogP contribution in [0.1, 0.15) is 12.5 Å². The number of nitrogens with two attached hydrogens (primary N) is 1. The molecular formula is C12H15Cl2N3O2. The number of amides is 3. The molecule has 0 aliphatic carbocycles. The summed E-state index contributed by atoms with van der Waals surface area (Å²) in [7, 11) is 1.75. The van der Waals surface area contributed by atoms with E-state index in [4.69, 9.17) is 28.9 Å². The molecule has 1 atom stereocenters. The van der Waals surface area contributed by atoms with Crippen molar-refractivity contribution in [3.63, 3.8) is 0 Å². The molecular weight excluding hydrogens is 289 g/mol. The second-order valence-electron chi connectivity index (χ2n) is 4.18. The summed E-state index contributed by atoms with van der Waals surface area (Å²) in [6, 6.07) is 3.78. The third kappa shape index (κ3) is 4.70. The third-order valence-corrected chi connectivity index (χ3v) is 3.31. The van der Waals surface area contributed by atoms with Gasteiger partial charge in [0.05, 0.1) is 6.04 Å². The molecule has 3 amide bonds. The van der Waals surface area contributed by atoms with E-state index in [1.165, 1.54) is 0 Å². The van der Waals surface area contributed by atoms with Gasteiger partial charge in [-0.25, -0.2) is 4.79 Å². The molecule has 0 saturated heterocycles. The molecule has 0 spiro atoms. The number of primary amides is 1. The van der Waals surface area contributed by atoms with Crippen LogP contribution in [0.2, 0.25) is 10.0 Å². The maximum Gasteiger partial charge on any atom is 0.318 e. The lowest BCUT2D eigenvalue weighted by molar-refractivity contribution is -0.124. The van der Waals surface area contributed by atoms with E-state index in [-0.39, 0.29) is 0 Å². The first kappa shape index (κ1) is 15.8. The van der Waals surface area contributed by atoms with Crippen LogP contribution in [0.4, 0.5) is 4.79 Å². The quantitative estimate of drug-likeness (QED) is 0.893. The summed E-state index contributed by atoms with van der Waals surface area (Å²) in [5.41, 5.74) is 5.74. The van der Waals surface area contributed by atoms with E-state index in [9.17, 15) is 9.59 Å². The van der Waals surface area contributed by atoms with E-state index >= 15 is 0 Å². The monoisotopic (exact) mass is 303 g/mol. The number of hydrogen-bond acceptors (Lipinski definition) is 3. The highest BCUT2D eigenvalue weighted by Crippen LogP contribution is 2.22. The van der Waals surface area contributed by atoms with Crippen molar-refractivity contribution in [3.05, 3.63) is 33.8 Å². The van der Waals surface area contributed by atoms with Gasteiger partial charge < -0.3 is 5.73 Å². The summed E-state index contributed by atoms with van der Waals surface area (Å²) in [5, 5.41) is 3.12. The van der Waals surface area contributed by atoms with Crippen molar-refractivity contribution in [3.8, 4) is 0 Å². The average Bonchev–Trinajstić information content (AvgIpc) is 2.30. The van der Waals surface area contributed by atoms with Gasteiger partial charge in [0.25, 0.3) is 0 Å². The fourth-order valence-electron chi connectivity index (χ4n) is 1.48. The predicted molar refractivity (Wildman–Crippen MR) is 75.1 cm³/mol. The normalized spacial score (nSPS) is 12.3. The molecule has 0 aliphatic rings. The first-order valence-corrected chi connectivity index (χ1v) is 6.31. The van der Waals surface area contributed by atoms with E-state index in [0.29, 0.717) is 16.6 Å². The molecule has 0 saturated carbocycles. The minimum Gasteiger partial charge on any atom is -0.351 e. The summed E-state index contributed by atoms with van der Waals surface area (Å²) in [4.78, 5) is 24.0. The van der Waals surface area contributed by atoms with Crippen molar-refractivity contribution < 1.29 is 9.59 Å². The molecule has 104 valence electrons. The molecule has 0 aromatic heterocycles. The van der Waals surface area contributed by atoms with Crippen LogP contribution >= 0.6 is 23.2 Å². The van der Waals surface area contributed by atoms with Crippen molar-refractivity contribution in [2.45, 2.75) is 19.5 Å². The predicted octanol–water partition coefficient (Wildman–Crippen LogP) is 2.01. The van der Waals surface area contributed by atoms with Crippen LogP contribution in [0.5, 0.6) is 0 Å². The minimum absolute atomic E-state index is 0.448. The topological polar surface area (TPSA) is 75.4 Å². The minimum atomic E-state index is -0.866. The van der Waals surface area contributed by atoms with E-state index in [2.05, 4.69) is 0 Å². The number of carbonyl (C=O) groups excluding carboxylic acids is 2. The second-order valence-corrected chi connectivity index (χ2v) is 5.02. The van der Waals surface area contributed by atoms with E-state index in [1.54, 1.807) is 37.1 Å². The molecule has 0 radical (unpaired) electrons. The molecule has 0 unspecified atom stereocenters. The molecule has 7 heteroatoms. The number of rotatable bonds is 4. The zero-order valence-corrected chi connectivity index (χ0v) is 12.1. The molecule has 0 bridgehead atoms. The van der Waals surface area contributed by atoms with E-state index in [1.807, 2.05) is 5.32 Å². The van der Waals surface area contributed by atoms with Gasteiger partial charge in [0.2, 0.25) is 5.91 Å². The zero-order chi connectivity index (χ0) is 14.6. The highest BCUT2D eigenvalue weighted by atomic mass is 35.5. The van der Waals surface area contributed by atoms with Crippen molar-refractivity contribution >= 4 is 35.1 Å². The molecule has 0 fully saturated rings. The Balaban J connectivity index is 2.70. The van der Waals surface area contributed by atoms with E-state index in [0.717, 1.165) is 5.56 Å². The Morgan fingerprint density at radius 2 is 2.05 bits per heavy atom. The number of hydrogen-bond donors (Lipinski definition) is 2. The van der Waals surface area contributed by atoms with Gasteiger partial charge in [0.15, 0.2) is 0 Å². The SMILES string of the molecule is C[C@@H](C(=O)NC(N)=O)N(C)Cc1ccc(Cl)cc1Cl. The number of halogens is 2. The Morgan fingerprint density at radius 1 is 1.42 bits per heavy atom. The number of urea groups is 1.